The molecule has 3 rings (SSSR count). The van der Waals surface area contributed by atoms with E-state index >= 15 is 0 Å². The Kier molecular flexibility index (Phi) is 5.45. The molecule has 0 unspecified atom stereocenters. The number of aryl methyl sites for hydroxylation is 2. The molecule has 0 bridgehead atoms. The Labute approximate surface area is 144 Å². The van der Waals surface area contributed by atoms with E-state index in [1.807, 2.05) is 0 Å². The molecule has 0 atom stereocenters. The fourth-order valence-corrected chi connectivity index (χ4v) is 2.17. The van der Waals surface area contributed by atoms with Crippen LogP contribution in [0.15, 0.2) is 29.3 Å². The predicted octanol–water partition coefficient (Wildman–Crippen LogP) is 2.07. The Bertz CT molecular complexity index is 838. The van der Waals surface area contributed by atoms with Gasteiger partial charge in [-0.25, -0.2) is 4.68 Å². The highest BCUT2D eigenvalue weighted by molar-refractivity contribution is 9.10. The summed E-state index contributed by atoms with van der Waals surface area (Å²) < 4.78 is 5.49. The van der Waals surface area contributed by atoms with E-state index in [1.165, 1.54) is 17.1 Å². The maximum absolute atomic E-state index is 10.7. The van der Waals surface area contributed by atoms with Crippen molar-refractivity contribution in [1.29, 1.82) is 0 Å². The van der Waals surface area contributed by atoms with Crippen LogP contribution in [-0.2, 0) is 14.1 Å². The molecular weight excluding hydrogens is 388 g/mol. The maximum Gasteiger partial charge on any atom is 0.162 e. The zero-order chi connectivity index (χ0) is 17.0. The van der Waals surface area contributed by atoms with Crippen molar-refractivity contribution in [1.82, 2.24) is 29.3 Å². The lowest BCUT2D eigenvalue weighted by molar-refractivity contribution is 0.111. The number of nitrogens with zero attached hydrogens (tertiary/aromatic N) is 6. The van der Waals surface area contributed by atoms with Crippen molar-refractivity contribution >= 4 is 40.1 Å². The molecule has 0 aliphatic rings. The molecule has 0 spiro atoms. The van der Waals surface area contributed by atoms with Gasteiger partial charge in [0.05, 0.1) is 34.2 Å². The van der Waals surface area contributed by atoms with E-state index in [0.717, 1.165) is 10.8 Å². The summed E-state index contributed by atoms with van der Waals surface area (Å²) in [6.07, 6.45) is 7.80. The summed E-state index contributed by atoms with van der Waals surface area (Å²) in [5.74, 6) is 0.658. The van der Waals surface area contributed by atoms with Gasteiger partial charge in [-0.3, -0.25) is 19.0 Å². The smallest absolute Gasteiger partial charge is 0.162 e. The zero-order valence-electron chi connectivity index (χ0n) is 12.2. The average Bonchev–Trinajstić information content (AvgIpc) is 3.21. The fourth-order valence-electron chi connectivity index (χ4n) is 1.75. The minimum atomic E-state index is 0.380. The van der Waals surface area contributed by atoms with E-state index in [1.54, 1.807) is 35.9 Å². The Morgan fingerprint density at radius 2 is 1.61 bits per heavy atom. The highest BCUT2D eigenvalue weighted by Gasteiger charge is 2.10. The third-order valence-corrected chi connectivity index (χ3v) is 3.72. The number of carbonyl (C=O) groups is 2. The number of rotatable bonds is 3. The molecule has 0 radical (unpaired) electrons. The van der Waals surface area contributed by atoms with Crippen LogP contribution in [0, 0.1) is 0 Å². The maximum atomic E-state index is 10.7. The second-order valence-corrected chi connectivity index (χ2v) is 5.67. The van der Waals surface area contributed by atoms with Crippen LogP contribution in [0.25, 0.3) is 5.82 Å². The van der Waals surface area contributed by atoms with Crippen LogP contribution >= 0.6 is 27.5 Å². The van der Waals surface area contributed by atoms with Crippen molar-refractivity contribution in [2.24, 2.45) is 14.1 Å². The molecule has 0 aliphatic carbocycles. The van der Waals surface area contributed by atoms with Gasteiger partial charge < -0.3 is 0 Å². The van der Waals surface area contributed by atoms with Gasteiger partial charge in [-0.2, -0.15) is 15.3 Å². The Morgan fingerprint density at radius 1 is 1.00 bits per heavy atom. The Hall–Kier alpha value is -2.26. The topological polar surface area (TPSA) is 87.6 Å². The molecule has 0 fully saturated rings. The molecule has 0 saturated carbocycles. The summed E-state index contributed by atoms with van der Waals surface area (Å²) in [5.41, 5.74) is 0.947. The van der Waals surface area contributed by atoms with E-state index in [9.17, 15) is 9.59 Å². The largest absolute Gasteiger partial charge is 0.298 e. The fraction of sp³-hybridized carbons (Fsp3) is 0.154. The Balaban J connectivity index is 0.000000185. The normalized spacial score (nSPS) is 10.1. The average molecular weight is 400 g/mol. The van der Waals surface area contributed by atoms with E-state index in [-0.39, 0.29) is 0 Å². The molecule has 0 aliphatic heterocycles. The Morgan fingerprint density at radius 3 is 2.04 bits per heavy atom. The molecule has 3 aromatic heterocycles. The van der Waals surface area contributed by atoms with Gasteiger partial charge in [0.2, 0.25) is 0 Å². The van der Waals surface area contributed by atoms with Crippen LogP contribution in [0.2, 0.25) is 5.15 Å². The van der Waals surface area contributed by atoms with Crippen molar-refractivity contribution in [3.63, 3.8) is 0 Å². The molecule has 3 heterocycles. The van der Waals surface area contributed by atoms with E-state index in [0.29, 0.717) is 28.4 Å². The quantitative estimate of drug-likeness (QED) is 0.629. The number of aldehydes is 2. The van der Waals surface area contributed by atoms with Gasteiger partial charge in [0.1, 0.15) is 5.15 Å². The molecule has 120 valence electrons. The van der Waals surface area contributed by atoms with Crippen molar-refractivity contribution in [3.05, 3.63) is 45.5 Å². The summed E-state index contributed by atoms with van der Waals surface area (Å²) in [6.45, 7) is 0. The highest BCUT2D eigenvalue weighted by atomic mass is 79.9. The lowest BCUT2D eigenvalue weighted by atomic mass is 10.4. The van der Waals surface area contributed by atoms with Crippen molar-refractivity contribution < 1.29 is 9.59 Å². The zero-order valence-corrected chi connectivity index (χ0v) is 14.6. The lowest BCUT2D eigenvalue weighted by Gasteiger charge is -2.01. The molecule has 0 N–H and O–H groups in total. The third kappa shape index (κ3) is 3.74. The summed E-state index contributed by atoms with van der Waals surface area (Å²) in [5, 5.41) is 12.2. The monoisotopic (exact) mass is 398 g/mol. The van der Waals surface area contributed by atoms with E-state index in [4.69, 9.17) is 11.6 Å². The molecule has 0 amide bonds. The first-order valence-corrected chi connectivity index (χ1v) is 7.45. The number of halogens is 2. The van der Waals surface area contributed by atoms with E-state index < -0.39 is 0 Å². The first-order chi connectivity index (χ1) is 11.0. The van der Waals surface area contributed by atoms with Crippen LogP contribution in [0.3, 0.4) is 0 Å². The van der Waals surface area contributed by atoms with Crippen molar-refractivity contribution in [2.45, 2.75) is 0 Å². The van der Waals surface area contributed by atoms with Gasteiger partial charge in [-0.1, -0.05) is 11.6 Å². The van der Waals surface area contributed by atoms with Gasteiger partial charge >= 0.3 is 0 Å². The van der Waals surface area contributed by atoms with E-state index in [2.05, 4.69) is 31.2 Å². The van der Waals surface area contributed by atoms with Crippen molar-refractivity contribution in [3.8, 4) is 5.82 Å². The summed E-state index contributed by atoms with van der Waals surface area (Å²) in [4.78, 5) is 20.8. The molecule has 23 heavy (non-hydrogen) atoms. The van der Waals surface area contributed by atoms with Gasteiger partial charge in [0.25, 0.3) is 0 Å². The van der Waals surface area contributed by atoms with Crippen LogP contribution in [0.1, 0.15) is 20.7 Å². The van der Waals surface area contributed by atoms with Gasteiger partial charge in [-0.05, 0) is 15.9 Å². The molecule has 0 saturated heterocycles. The van der Waals surface area contributed by atoms with Crippen LogP contribution < -0.4 is 0 Å². The predicted molar refractivity (Wildman–Crippen MR) is 87.0 cm³/mol. The van der Waals surface area contributed by atoms with Crippen LogP contribution in [0.4, 0.5) is 0 Å². The number of hydrogen-bond acceptors (Lipinski definition) is 5. The minimum Gasteiger partial charge on any atom is -0.298 e. The second-order valence-electron chi connectivity index (χ2n) is 4.40. The molecule has 3 aromatic rings. The summed E-state index contributed by atoms with van der Waals surface area (Å²) in [7, 11) is 3.44. The number of aromatic nitrogens is 6. The van der Waals surface area contributed by atoms with Gasteiger partial charge in [-0.15, -0.1) is 0 Å². The second kappa shape index (κ2) is 7.34. The minimum absolute atomic E-state index is 0.380. The van der Waals surface area contributed by atoms with Gasteiger partial charge in [0.15, 0.2) is 18.4 Å². The van der Waals surface area contributed by atoms with Crippen LogP contribution in [-0.4, -0.2) is 41.9 Å². The lowest BCUT2D eigenvalue weighted by Crippen LogP contribution is -2.05. The summed E-state index contributed by atoms with van der Waals surface area (Å²) >= 11 is 8.87. The van der Waals surface area contributed by atoms with Gasteiger partial charge in [0, 0.05) is 20.3 Å². The standard InChI is InChI=1S/C8H7BrN4O.C5H5ClN2O/c1-12-8(6(5-14)2-10-12)13-4-7(9)3-11-13;1-8-5(6)4(3-9)2-7-8/h2-5H,1H3;2-3H,1H3. The first kappa shape index (κ1) is 17.1. The molecule has 0 aromatic carbocycles. The highest BCUT2D eigenvalue weighted by Crippen LogP contribution is 2.14. The van der Waals surface area contributed by atoms with Crippen LogP contribution in [0.5, 0.6) is 0 Å². The van der Waals surface area contributed by atoms with Crippen molar-refractivity contribution in [2.75, 3.05) is 0 Å². The molecule has 10 heteroatoms. The number of carbonyl (C=O) groups excluding carboxylic acids is 2. The first-order valence-electron chi connectivity index (χ1n) is 6.28. The molecule has 8 nitrogen and oxygen atoms in total. The third-order valence-electron chi connectivity index (χ3n) is 2.85. The SMILES string of the molecule is Cn1ncc(C=O)c1-n1cc(Br)cn1.Cn1ncc(C=O)c1Cl. The summed E-state index contributed by atoms with van der Waals surface area (Å²) in [6, 6.07) is 0. The number of hydrogen-bond donors (Lipinski definition) is 0. The molecular formula is C13H12BrClN6O2.